The molecule has 31 heavy (non-hydrogen) atoms. The smallest absolute Gasteiger partial charge is 0.258 e. The first kappa shape index (κ1) is 19.3. The quantitative estimate of drug-likeness (QED) is 0.345. The van der Waals surface area contributed by atoms with Gasteiger partial charge in [-0.15, -0.1) is 0 Å². The molecule has 0 saturated heterocycles. The molecule has 2 heterocycles. The summed E-state index contributed by atoms with van der Waals surface area (Å²) in [5, 5.41) is 0.960. The summed E-state index contributed by atoms with van der Waals surface area (Å²) in [6.45, 7) is 1.98. The summed E-state index contributed by atoms with van der Waals surface area (Å²) < 4.78 is 6.20. The van der Waals surface area contributed by atoms with Gasteiger partial charge in [-0.25, -0.2) is 9.97 Å². The Morgan fingerprint density at radius 1 is 0.839 bits per heavy atom. The van der Waals surface area contributed by atoms with Gasteiger partial charge in [0.2, 0.25) is 0 Å². The number of fused-ring (bicyclic) bond motifs is 1. The van der Waals surface area contributed by atoms with Crippen LogP contribution in [0.3, 0.4) is 0 Å². The minimum atomic E-state index is -0.150. The largest absolute Gasteiger partial charge is 0.431 e. The monoisotopic (exact) mass is 425 g/mol. The Morgan fingerprint density at radius 2 is 1.48 bits per heavy atom. The van der Waals surface area contributed by atoms with Crippen molar-refractivity contribution in [2.24, 2.45) is 0 Å². The lowest BCUT2D eigenvalue weighted by atomic mass is 10.1. The van der Waals surface area contributed by atoms with Gasteiger partial charge < -0.3 is 9.40 Å². The van der Waals surface area contributed by atoms with E-state index in [1.54, 1.807) is 6.07 Å². The van der Waals surface area contributed by atoms with Crippen molar-refractivity contribution < 1.29 is 4.42 Å². The van der Waals surface area contributed by atoms with Gasteiger partial charge in [0, 0.05) is 11.1 Å². The topological polar surface area (TPSA) is 71.8 Å². The van der Waals surface area contributed by atoms with Crippen LogP contribution in [0.25, 0.3) is 33.5 Å². The van der Waals surface area contributed by atoms with E-state index in [9.17, 15) is 4.79 Å². The highest BCUT2D eigenvalue weighted by Gasteiger charge is 2.20. The van der Waals surface area contributed by atoms with E-state index in [0.717, 1.165) is 22.6 Å². The average molecular weight is 426 g/mol. The van der Waals surface area contributed by atoms with Crippen molar-refractivity contribution in [3.63, 3.8) is 0 Å². The van der Waals surface area contributed by atoms with E-state index < -0.39 is 0 Å². The predicted molar refractivity (Wildman–Crippen MR) is 124 cm³/mol. The van der Waals surface area contributed by atoms with E-state index in [4.69, 9.17) is 9.40 Å². The molecule has 1 unspecified atom stereocenters. The summed E-state index contributed by atoms with van der Waals surface area (Å²) >= 11 is 1.43. The molecule has 0 amide bonds. The highest BCUT2D eigenvalue weighted by molar-refractivity contribution is 7.99. The number of oxazole rings is 1. The third-order valence-electron chi connectivity index (χ3n) is 4.98. The van der Waals surface area contributed by atoms with Gasteiger partial charge in [0.25, 0.3) is 10.8 Å². The molecule has 1 atom stereocenters. The van der Waals surface area contributed by atoms with Gasteiger partial charge in [-0.1, -0.05) is 84.6 Å². The first-order valence-corrected chi connectivity index (χ1v) is 10.8. The van der Waals surface area contributed by atoms with Crippen LogP contribution in [0.1, 0.15) is 18.0 Å². The predicted octanol–water partition coefficient (Wildman–Crippen LogP) is 6.10. The van der Waals surface area contributed by atoms with E-state index >= 15 is 0 Å². The minimum absolute atomic E-state index is 0.143. The molecule has 0 aliphatic carbocycles. The second kappa shape index (κ2) is 8.24. The number of nitrogens with zero attached hydrogens (tertiary/aromatic N) is 2. The maximum atomic E-state index is 12.4. The molecule has 0 bridgehead atoms. The molecule has 1 N–H and O–H groups in total. The van der Waals surface area contributed by atoms with Crippen LogP contribution in [0, 0.1) is 0 Å². The number of para-hydroxylation sites is 1. The van der Waals surface area contributed by atoms with E-state index in [0.29, 0.717) is 22.0 Å². The van der Waals surface area contributed by atoms with Gasteiger partial charge in [-0.3, -0.25) is 4.79 Å². The molecule has 0 aliphatic rings. The standard InChI is InChI=1S/C25H19N3O2S/c1-16(23-26-20-15-9-8-14-19(20)24(29)28-23)31-25-27-21(17-10-4-2-5-11-17)22(30-25)18-12-6-3-7-13-18/h2-16H,1H3,(H,26,28,29). The van der Waals surface area contributed by atoms with Crippen molar-refractivity contribution in [2.75, 3.05) is 0 Å². The summed E-state index contributed by atoms with van der Waals surface area (Å²) in [6.07, 6.45) is 0. The fraction of sp³-hybridized carbons (Fsp3) is 0.0800. The molecule has 0 aliphatic heterocycles. The summed E-state index contributed by atoms with van der Waals surface area (Å²) in [7, 11) is 0. The zero-order valence-corrected chi connectivity index (χ0v) is 17.6. The summed E-state index contributed by atoms with van der Waals surface area (Å²) in [4.78, 5) is 24.8. The molecule has 3 aromatic carbocycles. The van der Waals surface area contributed by atoms with Crippen molar-refractivity contribution in [1.29, 1.82) is 0 Å². The van der Waals surface area contributed by atoms with E-state index in [2.05, 4.69) is 9.97 Å². The molecule has 5 nitrogen and oxygen atoms in total. The van der Waals surface area contributed by atoms with Crippen LogP contribution in [0.2, 0.25) is 0 Å². The second-order valence-corrected chi connectivity index (χ2v) is 8.41. The molecule has 0 spiro atoms. The number of hydrogen-bond donors (Lipinski definition) is 1. The second-order valence-electron chi connectivity index (χ2n) is 7.12. The summed E-state index contributed by atoms with van der Waals surface area (Å²) in [6, 6.07) is 27.3. The van der Waals surface area contributed by atoms with Crippen molar-refractivity contribution in [1.82, 2.24) is 15.0 Å². The van der Waals surface area contributed by atoms with Gasteiger partial charge in [-0.2, -0.15) is 0 Å². The molecule has 0 saturated carbocycles. The minimum Gasteiger partial charge on any atom is -0.431 e. The number of nitrogens with one attached hydrogen (secondary N) is 1. The fourth-order valence-electron chi connectivity index (χ4n) is 3.43. The lowest BCUT2D eigenvalue weighted by Gasteiger charge is -2.08. The van der Waals surface area contributed by atoms with Crippen molar-refractivity contribution in [3.8, 4) is 22.6 Å². The van der Waals surface area contributed by atoms with Crippen molar-refractivity contribution in [2.45, 2.75) is 17.4 Å². The zero-order valence-electron chi connectivity index (χ0n) is 16.8. The molecule has 5 aromatic rings. The van der Waals surface area contributed by atoms with Gasteiger partial charge in [0.15, 0.2) is 5.76 Å². The van der Waals surface area contributed by atoms with Crippen molar-refractivity contribution in [3.05, 3.63) is 101 Å². The van der Waals surface area contributed by atoms with Crippen LogP contribution < -0.4 is 5.56 Å². The van der Waals surface area contributed by atoms with Gasteiger partial charge in [-0.05, 0) is 19.1 Å². The summed E-state index contributed by atoms with van der Waals surface area (Å²) in [5.74, 6) is 1.32. The van der Waals surface area contributed by atoms with Crippen LogP contribution in [-0.2, 0) is 0 Å². The molecule has 0 radical (unpaired) electrons. The number of thioether (sulfide) groups is 1. The fourth-order valence-corrected chi connectivity index (χ4v) is 4.23. The Kier molecular flexibility index (Phi) is 5.14. The van der Waals surface area contributed by atoms with Gasteiger partial charge in [0.05, 0.1) is 16.2 Å². The number of benzene rings is 3. The molecular formula is C25H19N3O2S. The number of rotatable bonds is 5. The van der Waals surface area contributed by atoms with Crippen LogP contribution in [0.5, 0.6) is 0 Å². The Hall–Kier alpha value is -3.64. The molecule has 5 rings (SSSR count). The third-order valence-corrected chi connectivity index (χ3v) is 5.94. The number of aromatic nitrogens is 3. The van der Waals surface area contributed by atoms with E-state index in [1.807, 2.05) is 85.8 Å². The third kappa shape index (κ3) is 3.90. The first-order valence-electron chi connectivity index (χ1n) is 9.96. The highest BCUT2D eigenvalue weighted by atomic mass is 32.2. The maximum absolute atomic E-state index is 12.4. The average Bonchev–Trinajstić information content (AvgIpc) is 3.24. The normalized spacial score (nSPS) is 12.2. The Bertz CT molecular complexity index is 1340. The number of H-pyrrole nitrogens is 1. The zero-order chi connectivity index (χ0) is 21.2. The molecular weight excluding hydrogens is 406 g/mol. The maximum Gasteiger partial charge on any atom is 0.258 e. The van der Waals surface area contributed by atoms with Gasteiger partial charge in [0.1, 0.15) is 11.5 Å². The molecule has 0 fully saturated rings. The van der Waals surface area contributed by atoms with Crippen LogP contribution in [0.15, 0.2) is 99.4 Å². The van der Waals surface area contributed by atoms with E-state index in [-0.39, 0.29) is 10.8 Å². The van der Waals surface area contributed by atoms with Crippen LogP contribution in [0.4, 0.5) is 0 Å². The number of hydrogen-bond acceptors (Lipinski definition) is 5. The van der Waals surface area contributed by atoms with Gasteiger partial charge >= 0.3 is 0 Å². The van der Waals surface area contributed by atoms with Crippen LogP contribution in [-0.4, -0.2) is 15.0 Å². The Balaban J connectivity index is 1.52. The highest BCUT2D eigenvalue weighted by Crippen LogP contribution is 2.39. The SMILES string of the molecule is CC(Sc1nc(-c2ccccc2)c(-c2ccccc2)o1)c1nc2ccccc2c(=O)[nH]1. The summed E-state index contributed by atoms with van der Waals surface area (Å²) in [5.41, 5.74) is 3.28. The first-order chi connectivity index (χ1) is 15.2. The Labute approximate surface area is 183 Å². The molecule has 2 aromatic heterocycles. The Morgan fingerprint density at radius 3 is 2.23 bits per heavy atom. The van der Waals surface area contributed by atoms with E-state index in [1.165, 1.54) is 11.8 Å². The lowest BCUT2D eigenvalue weighted by Crippen LogP contribution is -2.12. The molecule has 6 heteroatoms. The molecule has 152 valence electrons. The lowest BCUT2D eigenvalue weighted by molar-refractivity contribution is 0.465. The van der Waals surface area contributed by atoms with Crippen LogP contribution >= 0.6 is 11.8 Å². The van der Waals surface area contributed by atoms with Crippen molar-refractivity contribution >= 4 is 22.7 Å². The number of aromatic amines is 1.